The molecule has 3 aromatic heterocycles. The highest BCUT2D eigenvalue weighted by molar-refractivity contribution is 7.10. The van der Waals surface area contributed by atoms with Gasteiger partial charge in [-0.2, -0.15) is 5.10 Å². The Morgan fingerprint density at radius 1 is 1.25 bits per heavy atom. The molecule has 0 aromatic carbocycles. The fraction of sp³-hybridized carbons (Fsp3) is 0.294. The van der Waals surface area contributed by atoms with E-state index in [1.807, 2.05) is 25.3 Å². The van der Waals surface area contributed by atoms with Gasteiger partial charge in [0.05, 0.1) is 23.8 Å². The maximum atomic E-state index is 12.1. The molecule has 1 N–H and O–H groups in total. The predicted molar refractivity (Wildman–Crippen MR) is 94.6 cm³/mol. The molecule has 3 rings (SSSR count). The fourth-order valence-electron chi connectivity index (χ4n) is 2.44. The number of hydrogen-bond acceptors (Lipinski definition) is 5. The van der Waals surface area contributed by atoms with Crippen LogP contribution in [0.25, 0.3) is 5.95 Å². The molecule has 0 radical (unpaired) electrons. The monoisotopic (exact) mass is 341 g/mol. The van der Waals surface area contributed by atoms with Crippen LogP contribution in [0.4, 0.5) is 5.69 Å². The number of amides is 1. The van der Waals surface area contributed by atoms with Crippen LogP contribution < -0.4 is 5.32 Å². The van der Waals surface area contributed by atoms with Gasteiger partial charge < -0.3 is 5.32 Å². The lowest BCUT2D eigenvalue weighted by Crippen LogP contribution is -2.13. The van der Waals surface area contributed by atoms with Crippen molar-refractivity contribution in [2.45, 2.75) is 33.6 Å². The highest BCUT2D eigenvalue weighted by atomic mass is 32.1. The molecule has 0 atom stereocenters. The molecule has 0 aliphatic carbocycles. The molecule has 0 aliphatic heterocycles. The smallest absolute Gasteiger partial charge is 0.250 e. The quantitative estimate of drug-likeness (QED) is 0.773. The molecule has 0 unspecified atom stereocenters. The molecule has 0 bridgehead atoms. The Kier molecular flexibility index (Phi) is 4.71. The number of hydrogen-bond donors (Lipinski definition) is 1. The standard InChI is InChI=1S/C17H19N5OS/c1-11-6-7-24-15(11)4-5-16(23)20-14-9-18-17(19-10-14)22-13(3)8-12(2)21-22/h6-10H,4-5H2,1-3H3,(H,20,23). The molecule has 0 saturated carbocycles. The number of nitrogens with zero attached hydrogens (tertiary/aromatic N) is 4. The van der Waals surface area contributed by atoms with Gasteiger partial charge in [-0.15, -0.1) is 11.3 Å². The number of rotatable bonds is 5. The summed E-state index contributed by atoms with van der Waals surface area (Å²) < 4.78 is 1.68. The molecule has 0 fully saturated rings. The van der Waals surface area contributed by atoms with Gasteiger partial charge in [0.15, 0.2) is 0 Å². The van der Waals surface area contributed by atoms with E-state index in [1.54, 1.807) is 28.4 Å². The highest BCUT2D eigenvalue weighted by Crippen LogP contribution is 2.17. The zero-order valence-corrected chi connectivity index (χ0v) is 14.7. The number of thiophene rings is 1. The van der Waals surface area contributed by atoms with Gasteiger partial charge in [0.25, 0.3) is 5.95 Å². The average Bonchev–Trinajstić information content (AvgIpc) is 3.11. The van der Waals surface area contributed by atoms with Gasteiger partial charge in [0, 0.05) is 17.0 Å². The lowest BCUT2D eigenvalue weighted by atomic mass is 10.2. The van der Waals surface area contributed by atoms with Crippen molar-refractivity contribution < 1.29 is 4.79 Å². The van der Waals surface area contributed by atoms with E-state index in [2.05, 4.69) is 33.4 Å². The van der Waals surface area contributed by atoms with Crippen molar-refractivity contribution >= 4 is 22.9 Å². The Morgan fingerprint density at radius 3 is 2.58 bits per heavy atom. The van der Waals surface area contributed by atoms with Gasteiger partial charge in [0.2, 0.25) is 5.91 Å². The number of carbonyl (C=O) groups excluding carboxylic acids is 1. The van der Waals surface area contributed by atoms with E-state index in [9.17, 15) is 4.79 Å². The van der Waals surface area contributed by atoms with Crippen LogP contribution in [0.2, 0.25) is 0 Å². The Hall–Kier alpha value is -2.54. The molecular weight excluding hydrogens is 322 g/mol. The summed E-state index contributed by atoms with van der Waals surface area (Å²) in [7, 11) is 0. The molecule has 24 heavy (non-hydrogen) atoms. The number of aromatic nitrogens is 4. The third kappa shape index (κ3) is 3.68. The second-order valence-electron chi connectivity index (χ2n) is 5.69. The molecule has 6 nitrogen and oxygen atoms in total. The maximum Gasteiger partial charge on any atom is 0.250 e. The normalized spacial score (nSPS) is 10.8. The minimum Gasteiger partial charge on any atom is -0.323 e. The molecule has 3 aromatic rings. The second-order valence-corrected chi connectivity index (χ2v) is 6.69. The first-order valence-electron chi connectivity index (χ1n) is 7.71. The van der Waals surface area contributed by atoms with Crippen LogP contribution in [-0.2, 0) is 11.2 Å². The Morgan fingerprint density at radius 2 is 2.00 bits per heavy atom. The Labute approximate surface area is 144 Å². The summed E-state index contributed by atoms with van der Waals surface area (Å²) in [5, 5.41) is 9.23. The van der Waals surface area contributed by atoms with Crippen molar-refractivity contribution in [2.24, 2.45) is 0 Å². The molecule has 7 heteroatoms. The van der Waals surface area contributed by atoms with Crippen molar-refractivity contribution in [3.63, 3.8) is 0 Å². The van der Waals surface area contributed by atoms with Crippen molar-refractivity contribution in [3.8, 4) is 5.95 Å². The first kappa shape index (κ1) is 16.3. The minimum absolute atomic E-state index is 0.0368. The summed E-state index contributed by atoms with van der Waals surface area (Å²) in [5.41, 5.74) is 3.71. The highest BCUT2D eigenvalue weighted by Gasteiger charge is 2.09. The zero-order valence-electron chi connectivity index (χ0n) is 13.9. The van der Waals surface area contributed by atoms with Crippen LogP contribution in [0.3, 0.4) is 0 Å². The van der Waals surface area contributed by atoms with E-state index in [0.29, 0.717) is 18.1 Å². The Bertz CT molecular complexity index is 850. The van der Waals surface area contributed by atoms with E-state index >= 15 is 0 Å². The van der Waals surface area contributed by atoms with Gasteiger partial charge in [-0.25, -0.2) is 14.6 Å². The molecule has 0 spiro atoms. The Balaban J connectivity index is 1.60. The van der Waals surface area contributed by atoms with E-state index in [4.69, 9.17) is 0 Å². The van der Waals surface area contributed by atoms with Crippen LogP contribution in [0.15, 0.2) is 29.9 Å². The summed E-state index contributed by atoms with van der Waals surface area (Å²) in [6.45, 7) is 5.94. The molecule has 124 valence electrons. The first-order valence-corrected chi connectivity index (χ1v) is 8.59. The van der Waals surface area contributed by atoms with Gasteiger partial charge in [-0.1, -0.05) is 0 Å². The number of aryl methyl sites for hydroxylation is 4. The summed E-state index contributed by atoms with van der Waals surface area (Å²) in [5.74, 6) is 0.457. The maximum absolute atomic E-state index is 12.1. The van der Waals surface area contributed by atoms with Crippen LogP contribution >= 0.6 is 11.3 Å². The van der Waals surface area contributed by atoms with E-state index in [1.165, 1.54) is 10.4 Å². The lowest BCUT2D eigenvalue weighted by molar-refractivity contribution is -0.116. The van der Waals surface area contributed by atoms with Crippen LogP contribution in [0, 0.1) is 20.8 Å². The molecular formula is C17H19N5OS. The molecule has 3 heterocycles. The van der Waals surface area contributed by atoms with Gasteiger partial charge in [-0.3, -0.25) is 4.79 Å². The third-order valence-electron chi connectivity index (χ3n) is 3.67. The van der Waals surface area contributed by atoms with Crippen molar-refractivity contribution in [1.29, 1.82) is 0 Å². The minimum atomic E-state index is -0.0368. The molecule has 1 amide bonds. The summed E-state index contributed by atoms with van der Waals surface area (Å²) in [6, 6.07) is 4.04. The van der Waals surface area contributed by atoms with Crippen molar-refractivity contribution in [2.75, 3.05) is 5.32 Å². The summed E-state index contributed by atoms with van der Waals surface area (Å²) in [6.07, 6.45) is 4.40. The van der Waals surface area contributed by atoms with Crippen molar-refractivity contribution in [3.05, 3.63) is 51.7 Å². The van der Waals surface area contributed by atoms with E-state index in [0.717, 1.165) is 17.8 Å². The molecule has 0 aliphatic rings. The van der Waals surface area contributed by atoms with Crippen LogP contribution in [0.1, 0.15) is 28.2 Å². The number of nitrogens with one attached hydrogen (secondary N) is 1. The summed E-state index contributed by atoms with van der Waals surface area (Å²) >= 11 is 1.69. The third-order valence-corrected chi connectivity index (χ3v) is 4.75. The largest absolute Gasteiger partial charge is 0.323 e. The van der Waals surface area contributed by atoms with Gasteiger partial charge in [-0.05, 0) is 50.3 Å². The number of anilines is 1. The summed E-state index contributed by atoms with van der Waals surface area (Å²) in [4.78, 5) is 21.9. The molecule has 0 saturated heterocycles. The first-order chi connectivity index (χ1) is 11.5. The fourth-order valence-corrected chi connectivity index (χ4v) is 3.35. The average molecular weight is 341 g/mol. The lowest BCUT2D eigenvalue weighted by Gasteiger charge is -2.06. The van der Waals surface area contributed by atoms with E-state index < -0.39 is 0 Å². The van der Waals surface area contributed by atoms with E-state index in [-0.39, 0.29) is 5.91 Å². The SMILES string of the molecule is Cc1cc(C)n(-c2ncc(NC(=O)CCc3sccc3C)cn2)n1. The topological polar surface area (TPSA) is 72.7 Å². The van der Waals surface area contributed by atoms with Crippen molar-refractivity contribution in [1.82, 2.24) is 19.7 Å². The zero-order chi connectivity index (χ0) is 17.1. The van der Waals surface area contributed by atoms with Gasteiger partial charge >= 0.3 is 0 Å². The van der Waals surface area contributed by atoms with Crippen LogP contribution in [0.5, 0.6) is 0 Å². The van der Waals surface area contributed by atoms with Gasteiger partial charge in [0.1, 0.15) is 0 Å². The van der Waals surface area contributed by atoms with Crippen LogP contribution in [-0.4, -0.2) is 25.7 Å². The predicted octanol–water partition coefficient (Wildman–Crippen LogP) is 3.22. The number of carbonyl (C=O) groups is 1. The second kappa shape index (κ2) is 6.92.